The van der Waals surface area contributed by atoms with Gasteiger partial charge in [-0.05, 0) is 18.6 Å². The fourth-order valence-corrected chi connectivity index (χ4v) is 1.99. The highest BCUT2D eigenvalue weighted by Gasteiger charge is 2.48. The van der Waals surface area contributed by atoms with Gasteiger partial charge in [-0.15, -0.1) is 11.3 Å². The van der Waals surface area contributed by atoms with Crippen LogP contribution in [0.15, 0.2) is 12.1 Å². The monoisotopic (exact) mass is 269 g/mol. The molecule has 7 heteroatoms. The van der Waals surface area contributed by atoms with E-state index in [1.165, 1.54) is 11.3 Å². The van der Waals surface area contributed by atoms with Crippen LogP contribution in [0.1, 0.15) is 16.7 Å². The molecule has 0 aromatic carbocycles. The summed E-state index contributed by atoms with van der Waals surface area (Å²) in [5, 5.41) is 1.80. The smallest absolute Gasteiger partial charge is 0.346 e. The zero-order valence-electron chi connectivity index (χ0n) is 8.97. The van der Waals surface area contributed by atoms with Gasteiger partial charge in [0, 0.05) is 9.75 Å². The zero-order chi connectivity index (χ0) is 13.1. The van der Waals surface area contributed by atoms with E-state index in [1.54, 1.807) is 17.4 Å². The summed E-state index contributed by atoms with van der Waals surface area (Å²) < 4.78 is 48.8. The van der Waals surface area contributed by atoms with E-state index in [0.29, 0.717) is 4.88 Å². The minimum absolute atomic E-state index is 0.161. The first kappa shape index (κ1) is 14.0. The van der Waals surface area contributed by atoms with Gasteiger partial charge in [-0.1, -0.05) is 6.92 Å². The molecule has 2 nitrogen and oxygen atoms in total. The van der Waals surface area contributed by atoms with Crippen LogP contribution in [-0.4, -0.2) is 18.3 Å². The van der Waals surface area contributed by atoms with Crippen molar-refractivity contribution in [1.82, 2.24) is 5.32 Å². The van der Waals surface area contributed by atoms with Gasteiger partial charge in [0.15, 0.2) is 0 Å². The third kappa shape index (κ3) is 3.42. The number of hydrogen-bond acceptors (Lipinski definition) is 2. The van der Waals surface area contributed by atoms with Crippen molar-refractivity contribution in [2.24, 2.45) is 0 Å². The summed E-state index contributed by atoms with van der Waals surface area (Å²) in [7, 11) is 0. The van der Waals surface area contributed by atoms with E-state index in [-0.39, 0.29) is 6.54 Å². The van der Waals surface area contributed by atoms with Crippen molar-refractivity contribution in [3.8, 4) is 0 Å². The molecule has 1 amide bonds. The molecule has 0 saturated heterocycles. The first-order valence-electron chi connectivity index (χ1n) is 4.89. The summed E-state index contributed by atoms with van der Waals surface area (Å²) in [6.45, 7) is 1.77. The van der Waals surface area contributed by atoms with Crippen molar-refractivity contribution in [3.63, 3.8) is 0 Å². The third-order valence-corrected chi connectivity index (χ3v) is 3.30. The molecule has 1 heterocycles. The van der Waals surface area contributed by atoms with Crippen LogP contribution in [-0.2, 0) is 17.8 Å². The van der Waals surface area contributed by atoms with Gasteiger partial charge in [-0.2, -0.15) is 8.78 Å². The van der Waals surface area contributed by atoms with Crippen molar-refractivity contribution >= 4 is 17.2 Å². The molecule has 0 spiro atoms. The van der Waals surface area contributed by atoms with Crippen LogP contribution in [0.25, 0.3) is 0 Å². The molecule has 1 N–H and O–H groups in total. The van der Waals surface area contributed by atoms with E-state index < -0.39 is 18.3 Å². The van der Waals surface area contributed by atoms with Crippen molar-refractivity contribution in [3.05, 3.63) is 21.9 Å². The third-order valence-electron chi connectivity index (χ3n) is 2.07. The Hall–Kier alpha value is -1.11. The lowest BCUT2D eigenvalue weighted by Crippen LogP contribution is -2.44. The molecule has 0 fully saturated rings. The lowest BCUT2D eigenvalue weighted by molar-refractivity contribution is -0.169. The summed E-state index contributed by atoms with van der Waals surface area (Å²) >= 11 is 1.35. The van der Waals surface area contributed by atoms with Gasteiger partial charge >= 0.3 is 12.3 Å². The molecule has 0 radical (unpaired) electrons. The van der Waals surface area contributed by atoms with Crippen molar-refractivity contribution in [2.75, 3.05) is 0 Å². The summed E-state index contributed by atoms with van der Waals surface area (Å²) in [4.78, 5) is 12.5. The Morgan fingerprint density at radius 1 is 1.41 bits per heavy atom. The second kappa shape index (κ2) is 5.48. The van der Waals surface area contributed by atoms with E-state index in [4.69, 9.17) is 0 Å². The Balaban J connectivity index is 2.53. The number of amides is 1. The summed E-state index contributed by atoms with van der Waals surface area (Å²) in [6, 6.07) is 3.47. The average molecular weight is 269 g/mol. The number of hydrogen-bond donors (Lipinski definition) is 1. The zero-order valence-corrected chi connectivity index (χ0v) is 9.79. The Kier molecular flexibility index (Phi) is 4.50. The van der Waals surface area contributed by atoms with Gasteiger partial charge < -0.3 is 5.32 Å². The number of aryl methyl sites for hydroxylation is 1. The number of carbonyl (C=O) groups excluding carboxylic acids is 1. The van der Waals surface area contributed by atoms with Crippen LogP contribution in [0, 0.1) is 0 Å². The van der Waals surface area contributed by atoms with Crippen LogP contribution in [0.4, 0.5) is 17.6 Å². The molecule has 1 rings (SSSR count). The second-order valence-corrected chi connectivity index (χ2v) is 4.58. The molecule has 0 atom stereocenters. The molecule has 0 aliphatic heterocycles. The predicted octanol–water partition coefficient (Wildman–Crippen LogP) is 2.83. The largest absolute Gasteiger partial charge is 0.383 e. The number of halogens is 4. The van der Waals surface area contributed by atoms with E-state index in [1.807, 2.05) is 6.92 Å². The molecular weight excluding hydrogens is 258 g/mol. The highest BCUT2D eigenvalue weighted by molar-refractivity contribution is 7.11. The maximum absolute atomic E-state index is 12.6. The molecule has 0 aliphatic rings. The average Bonchev–Trinajstić information content (AvgIpc) is 2.73. The van der Waals surface area contributed by atoms with Crippen LogP contribution in [0.3, 0.4) is 0 Å². The Morgan fingerprint density at radius 2 is 2.00 bits per heavy atom. The second-order valence-electron chi connectivity index (χ2n) is 3.33. The highest BCUT2D eigenvalue weighted by Crippen LogP contribution is 2.23. The van der Waals surface area contributed by atoms with Gasteiger partial charge in [0.2, 0.25) is 0 Å². The maximum Gasteiger partial charge on any atom is 0.383 e. The van der Waals surface area contributed by atoms with Crippen molar-refractivity contribution in [1.29, 1.82) is 0 Å². The fraction of sp³-hybridized carbons (Fsp3) is 0.500. The first-order chi connectivity index (χ1) is 7.87. The number of thiophene rings is 1. The molecule has 17 heavy (non-hydrogen) atoms. The quantitative estimate of drug-likeness (QED) is 0.818. The molecule has 1 aromatic rings. The maximum atomic E-state index is 12.6. The highest BCUT2D eigenvalue weighted by atomic mass is 32.1. The van der Waals surface area contributed by atoms with Crippen molar-refractivity contribution in [2.45, 2.75) is 32.2 Å². The van der Waals surface area contributed by atoms with Crippen LogP contribution < -0.4 is 5.32 Å². The number of carbonyl (C=O) groups is 1. The molecule has 0 unspecified atom stereocenters. The van der Waals surface area contributed by atoms with E-state index in [0.717, 1.165) is 11.3 Å². The van der Waals surface area contributed by atoms with Gasteiger partial charge in [0.1, 0.15) is 0 Å². The molecule has 0 saturated carbocycles. The van der Waals surface area contributed by atoms with Crippen LogP contribution >= 0.6 is 11.3 Å². The van der Waals surface area contributed by atoms with E-state index in [2.05, 4.69) is 0 Å². The number of rotatable bonds is 5. The number of nitrogens with one attached hydrogen (secondary N) is 1. The lowest BCUT2D eigenvalue weighted by Gasteiger charge is -2.14. The summed E-state index contributed by atoms with van der Waals surface area (Å²) in [6.07, 6.45) is -3.19. The Morgan fingerprint density at radius 3 is 2.47 bits per heavy atom. The fourth-order valence-electron chi connectivity index (χ4n) is 1.09. The number of alkyl halides is 4. The summed E-state index contributed by atoms with van der Waals surface area (Å²) in [5.74, 6) is -6.58. The molecule has 0 bridgehead atoms. The summed E-state index contributed by atoms with van der Waals surface area (Å²) in [5.41, 5.74) is 0. The predicted molar refractivity (Wildman–Crippen MR) is 56.5 cm³/mol. The van der Waals surface area contributed by atoms with Gasteiger partial charge in [0.25, 0.3) is 5.91 Å². The van der Waals surface area contributed by atoms with Crippen LogP contribution in [0.2, 0.25) is 0 Å². The molecule has 96 valence electrons. The van der Waals surface area contributed by atoms with Gasteiger partial charge in [-0.3, -0.25) is 4.79 Å². The topological polar surface area (TPSA) is 29.1 Å². The minimum atomic E-state index is -4.63. The molecule has 0 aliphatic carbocycles. The SMILES string of the molecule is CCc1ccc(CNC(=O)C(F)(F)C(F)F)s1. The lowest BCUT2D eigenvalue weighted by atomic mass is 10.3. The Bertz CT molecular complexity index is 391. The first-order valence-corrected chi connectivity index (χ1v) is 5.71. The van der Waals surface area contributed by atoms with E-state index in [9.17, 15) is 22.4 Å². The van der Waals surface area contributed by atoms with Gasteiger partial charge in [-0.25, -0.2) is 8.78 Å². The molecule has 1 aromatic heterocycles. The van der Waals surface area contributed by atoms with Crippen LogP contribution in [0.5, 0.6) is 0 Å². The standard InChI is InChI=1S/C10H11F4NOS/c1-2-6-3-4-7(17-6)5-15-9(16)10(13,14)8(11)12/h3-4,8H,2,5H2,1H3,(H,15,16). The minimum Gasteiger partial charge on any atom is -0.346 e. The Labute approximate surface area is 99.6 Å². The van der Waals surface area contributed by atoms with Crippen molar-refractivity contribution < 1.29 is 22.4 Å². The normalized spacial score (nSPS) is 11.9. The van der Waals surface area contributed by atoms with Gasteiger partial charge in [0.05, 0.1) is 6.54 Å². The molecular formula is C10H11F4NOS. The van der Waals surface area contributed by atoms with E-state index >= 15 is 0 Å².